The number of carboxylic acid groups (broad SMARTS) is 1. The standard InChI is InChI=1S/C11H11NO3/c1-2-3-4-7-12-8-5-6-9(10(12)13)11(14)15/h1,5-6,8H,3-4,7H2,(H,14,15). The molecule has 0 aliphatic carbocycles. The van der Waals surface area contributed by atoms with Crippen LogP contribution in [0.5, 0.6) is 0 Å². The molecule has 1 aromatic rings. The molecular formula is C11H11NO3. The first-order chi connectivity index (χ1) is 7.16. The Morgan fingerprint density at radius 1 is 1.60 bits per heavy atom. The van der Waals surface area contributed by atoms with Gasteiger partial charge in [0.1, 0.15) is 5.56 Å². The maximum Gasteiger partial charge on any atom is 0.341 e. The first-order valence-electron chi connectivity index (χ1n) is 4.53. The van der Waals surface area contributed by atoms with Gasteiger partial charge in [-0.05, 0) is 18.6 Å². The lowest BCUT2D eigenvalue weighted by molar-refractivity contribution is 0.0694. The number of carboxylic acids is 1. The largest absolute Gasteiger partial charge is 0.477 e. The lowest BCUT2D eigenvalue weighted by Gasteiger charge is -2.04. The number of aromatic carboxylic acids is 1. The summed E-state index contributed by atoms with van der Waals surface area (Å²) in [7, 11) is 0. The molecule has 78 valence electrons. The van der Waals surface area contributed by atoms with E-state index in [1.165, 1.54) is 10.6 Å². The zero-order valence-corrected chi connectivity index (χ0v) is 8.14. The van der Waals surface area contributed by atoms with Crippen LogP contribution in [0.3, 0.4) is 0 Å². The average Bonchev–Trinajstić information content (AvgIpc) is 2.20. The minimum atomic E-state index is -1.20. The van der Waals surface area contributed by atoms with Crippen LogP contribution in [0.25, 0.3) is 0 Å². The topological polar surface area (TPSA) is 59.3 Å². The highest BCUT2D eigenvalue weighted by atomic mass is 16.4. The van der Waals surface area contributed by atoms with Crippen molar-refractivity contribution in [2.75, 3.05) is 0 Å². The van der Waals surface area contributed by atoms with Gasteiger partial charge in [0.2, 0.25) is 0 Å². The summed E-state index contributed by atoms with van der Waals surface area (Å²) in [6, 6.07) is 2.84. The van der Waals surface area contributed by atoms with Gasteiger partial charge in [-0.15, -0.1) is 12.3 Å². The molecule has 4 nitrogen and oxygen atoms in total. The van der Waals surface area contributed by atoms with Crippen LogP contribution in [0.1, 0.15) is 23.2 Å². The van der Waals surface area contributed by atoms with E-state index in [-0.39, 0.29) is 5.56 Å². The third kappa shape index (κ3) is 2.71. The number of carbonyl (C=O) groups is 1. The first-order valence-corrected chi connectivity index (χ1v) is 4.53. The summed E-state index contributed by atoms with van der Waals surface area (Å²) in [6.45, 7) is 0.449. The fourth-order valence-electron chi connectivity index (χ4n) is 1.23. The molecule has 0 radical (unpaired) electrons. The molecule has 1 aromatic heterocycles. The van der Waals surface area contributed by atoms with E-state index < -0.39 is 11.5 Å². The van der Waals surface area contributed by atoms with Crippen molar-refractivity contribution in [2.45, 2.75) is 19.4 Å². The SMILES string of the molecule is C#CCCCn1cccc(C(=O)O)c1=O. The zero-order valence-electron chi connectivity index (χ0n) is 8.14. The van der Waals surface area contributed by atoms with E-state index in [0.717, 1.165) is 0 Å². The summed E-state index contributed by atoms with van der Waals surface area (Å²) >= 11 is 0. The Bertz CT molecular complexity index is 454. The normalized spacial score (nSPS) is 9.53. The van der Waals surface area contributed by atoms with Crippen LogP contribution in [0.4, 0.5) is 0 Å². The highest BCUT2D eigenvalue weighted by Crippen LogP contribution is 1.95. The van der Waals surface area contributed by atoms with Gasteiger partial charge in [0.05, 0.1) is 0 Å². The molecule has 0 atom stereocenters. The third-order valence-corrected chi connectivity index (χ3v) is 1.97. The molecule has 1 N–H and O–H groups in total. The number of rotatable bonds is 4. The number of hydrogen-bond acceptors (Lipinski definition) is 2. The van der Waals surface area contributed by atoms with Gasteiger partial charge < -0.3 is 9.67 Å². The molecule has 15 heavy (non-hydrogen) atoms. The molecule has 0 unspecified atom stereocenters. The lowest BCUT2D eigenvalue weighted by Crippen LogP contribution is -2.25. The molecule has 1 rings (SSSR count). The summed E-state index contributed by atoms with van der Waals surface area (Å²) in [4.78, 5) is 22.2. The van der Waals surface area contributed by atoms with Crippen molar-refractivity contribution in [3.05, 3.63) is 34.2 Å². The highest BCUT2D eigenvalue weighted by Gasteiger charge is 2.09. The summed E-state index contributed by atoms with van der Waals surface area (Å²) in [6.07, 6.45) is 7.88. The monoisotopic (exact) mass is 205 g/mol. The molecule has 0 spiro atoms. The molecule has 0 amide bonds. The Morgan fingerprint density at radius 2 is 2.33 bits per heavy atom. The number of hydrogen-bond donors (Lipinski definition) is 1. The Hall–Kier alpha value is -2.02. The molecule has 0 aliphatic heterocycles. The van der Waals surface area contributed by atoms with Crippen molar-refractivity contribution >= 4 is 5.97 Å². The number of aryl methyl sites for hydroxylation is 1. The van der Waals surface area contributed by atoms with Crippen molar-refractivity contribution in [1.82, 2.24) is 4.57 Å². The Labute approximate surface area is 87.2 Å². The van der Waals surface area contributed by atoms with Crippen LogP contribution in [-0.4, -0.2) is 15.6 Å². The first kappa shape index (κ1) is 11.1. The van der Waals surface area contributed by atoms with Crippen LogP contribution < -0.4 is 5.56 Å². The van der Waals surface area contributed by atoms with Crippen LogP contribution in [-0.2, 0) is 6.54 Å². The number of terminal acetylenes is 1. The van der Waals surface area contributed by atoms with E-state index in [1.54, 1.807) is 12.3 Å². The number of aromatic nitrogens is 1. The summed E-state index contributed by atoms with van der Waals surface area (Å²) < 4.78 is 1.36. The summed E-state index contributed by atoms with van der Waals surface area (Å²) in [5, 5.41) is 8.72. The number of pyridine rings is 1. The van der Waals surface area contributed by atoms with Crippen molar-refractivity contribution in [2.24, 2.45) is 0 Å². The maximum atomic E-state index is 11.5. The van der Waals surface area contributed by atoms with Gasteiger partial charge in [-0.2, -0.15) is 0 Å². The molecule has 4 heteroatoms. The molecule has 0 bridgehead atoms. The van der Waals surface area contributed by atoms with Gasteiger partial charge >= 0.3 is 5.97 Å². The van der Waals surface area contributed by atoms with Crippen molar-refractivity contribution in [3.63, 3.8) is 0 Å². The Kier molecular flexibility index (Phi) is 3.69. The Balaban J connectivity index is 2.91. The van der Waals surface area contributed by atoms with Crippen LogP contribution in [0.15, 0.2) is 23.1 Å². The Morgan fingerprint density at radius 3 is 2.93 bits per heavy atom. The smallest absolute Gasteiger partial charge is 0.341 e. The van der Waals surface area contributed by atoms with Crippen LogP contribution in [0.2, 0.25) is 0 Å². The molecular weight excluding hydrogens is 194 g/mol. The van der Waals surface area contributed by atoms with E-state index in [2.05, 4.69) is 5.92 Å². The number of nitrogens with zero attached hydrogens (tertiary/aromatic N) is 1. The van der Waals surface area contributed by atoms with Gasteiger partial charge in [0.25, 0.3) is 5.56 Å². The van der Waals surface area contributed by atoms with Gasteiger partial charge in [-0.1, -0.05) is 0 Å². The molecule has 0 aromatic carbocycles. The van der Waals surface area contributed by atoms with E-state index in [4.69, 9.17) is 11.5 Å². The third-order valence-electron chi connectivity index (χ3n) is 1.97. The fourth-order valence-corrected chi connectivity index (χ4v) is 1.23. The second-order valence-corrected chi connectivity index (χ2v) is 3.03. The van der Waals surface area contributed by atoms with Crippen molar-refractivity contribution < 1.29 is 9.90 Å². The van der Waals surface area contributed by atoms with Gasteiger partial charge in [-0.25, -0.2) is 4.79 Å². The minimum Gasteiger partial charge on any atom is -0.477 e. The van der Waals surface area contributed by atoms with Crippen molar-refractivity contribution in [1.29, 1.82) is 0 Å². The van der Waals surface area contributed by atoms with Gasteiger partial charge in [0.15, 0.2) is 0 Å². The number of unbranched alkanes of at least 4 members (excludes halogenated alkanes) is 1. The fraction of sp³-hybridized carbons (Fsp3) is 0.273. The van der Waals surface area contributed by atoms with E-state index in [0.29, 0.717) is 19.4 Å². The zero-order chi connectivity index (χ0) is 11.3. The van der Waals surface area contributed by atoms with E-state index >= 15 is 0 Å². The van der Waals surface area contributed by atoms with Gasteiger partial charge in [-0.3, -0.25) is 4.79 Å². The quantitative estimate of drug-likeness (QED) is 0.588. The van der Waals surface area contributed by atoms with Crippen LogP contribution >= 0.6 is 0 Å². The summed E-state index contributed by atoms with van der Waals surface area (Å²) in [5.41, 5.74) is -0.694. The maximum absolute atomic E-state index is 11.5. The minimum absolute atomic E-state index is 0.210. The second-order valence-electron chi connectivity index (χ2n) is 3.03. The second kappa shape index (κ2) is 5.01. The van der Waals surface area contributed by atoms with Crippen molar-refractivity contribution in [3.8, 4) is 12.3 Å². The predicted octanol–water partition coefficient (Wildman–Crippen LogP) is 0.960. The summed E-state index contributed by atoms with van der Waals surface area (Å²) in [5.74, 6) is 1.26. The highest BCUT2D eigenvalue weighted by molar-refractivity contribution is 5.86. The van der Waals surface area contributed by atoms with E-state index in [1.807, 2.05) is 0 Å². The predicted molar refractivity (Wildman–Crippen MR) is 55.7 cm³/mol. The molecule has 0 fully saturated rings. The lowest BCUT2D eigenvalue weighted by atomic mass is 10.2. The molecule has 0 saturated heterocycles. The average molecular weight is 205 g/mol. The van der Waals surface area contributed by atoms with E-state index in [9.17, 15) is 9.59 Å². The molecule has 0 saturated carbocycles. The molecule has 0 aliphatic rings. The van der Waals surface area contributed by atoms with Crippen LogP contribution in [0, 0.1) is 12.3 Å². The molecule has 1 heterocycles. The van der Waals surface area contributed by atoms with Gasteiger partial charge in [0, 0.05) is 19.2 Å².